The lowest BCUT2D eigenvalue weighted by atomic mass is 10.3. The Morgan fingerprint density at radius 2 is 2.19 bits per heavy atom. The lowest BCUT2D eigenvalue weighted by molar-refractivity contribution is 0.309. The highest BCUT2D eigenvalue weighted by Crippen LogP contribution is 2.31. The van der Waals surface area contributed by atoms with Crippen molar-refractivity contribution in [2.75, 3.05) is 12.3 Å². The minimum absolute atomic E-state index is 0.281. The molecule has 0 unspecified atom stereocenters. The third kappa shape index (κ3) is 2.09. The topological polar surface area (TPSA) is 61.0 Å². The predicted molar refractivity (Wildman–Crippen MR) is 67.0 cm³/mol. The van der Waals surface area contributed by atoms with Crippen molar-refractivity contribution in [1.29, 1.82) is 0 Å². The Hall–Kier alpha value is -1.36. The van der Waals surface area contributed by atoms with Gasteiger partial charge in [0.25, 0.3) is 0 Å². The van der Waals surface area contributed by atoms with E-state index in [1.54, 1.807) is 11.3 Å². The first kappa shape index (κ1) is 11.1. The van der Waals surface area contributed by atoms with Crippen LogP contribution in [0, 0.1) is 0 Å². The van der Waals surface area contributed by atoms with Crippen LogP contribution in [0.5, 0.6) is 5.88 Å². The molecule has 86 valence electrons. The van der Waals surface area contributed by atoms with Gasteiger partial charge < -0.3 is 10.5 Å². The van der Waals surface area contributed by atoms with E-state index in [1.165, 1.54) is 4.88 Å². The molecule has 2 aromatic heterocycles. The zero-order valence-electron chi connectivity index (χ0n) is 9.49. The number of fused-ring (bicyclic) bond motifs is 1. The number of hydrogen-bond acceptors (Lipinski definition) is 5. The Kier molecular flexibility index (Phi) is 3.24. The molecule has 2 rings (SSSR count). The monoisotopic (exact) mass is 237 g/mol. The smallest absolute Gasteiger partial charge is 0.227 e. The van der Waals surface area contributed by atoms with Crippen LogP contribution in [0.25, 0.3) is 10.2 Å². The van der Waals surface area contributed by atoms with E-state index in [0.29, 0.717) is 12.5 Å². The summed E-state index contributed by atoms with van der Waals surface area (Å²) in [5, 5.41) is 0.976. The molecule has 0 aliphatic carbocycles. The Balaban J connectivity index is 2.48. The second kappa shape index (κ2) is 4.65. The molecule has 2 N–H and O–H groups in total. The third-order valence-corrected chi connectivity index (χ3v) is 3.39. The van der Waals surface area contributed by atoms with E-state index in [0.717, 1.165) is 23.1 Å². The number of anilines is 1. The van der Waals surface area contributed by atoms with Crippen molar-refractivity contribution >= 4 is 27.5 Å². The highest BCUT2D eigenvalue weighted by Gasteiger charge is 2.10. The van der Waals surface area contributed by atoms with Crippen LogP contribution in [-0.4, -0.2) is 16.6 Å². The van der Waals surface area contributed by atoms with Gasteiger partial charge in [-0.05, 0) is 18.9 Å². The molecule has 0 radical (unpaired) electrons. The highest BCUT2D eigenvalue weighted by molar-refractivity contribution is 7.18. The molecule has 2 aromatic rings. The van der Waals surface area contributed by atoms with Gasteiger partial charge in [0.05, 0.1) is 12.0 Å². The number of aryl methyl sites for hydroxylation is 1. The van der Waals surface area contributed by atoms with E-state index in [4.69, 9.17) is 10.5 Å². The first-order valence-electron chi connectivity index (χ1n) is 5.43. The van der Waals surface area contributed by atoms with Crippen molar-refractivity contribution in [3.05, 3.63) is 10.9 Å². The standard InChI is InChI=1S/C11H15N3OS/c1-3-5-15-9-8-6-7(4-2)16-10(8)14-11(12)13-9/h6H,3-5H2,1-2H3,(H2,12,13,14). The maximum Gasteiger partial charge on any atom is 0.227 e. The number of ether oxygens (including phenoxy) is 1. The van der Waals surface area contributed by atoms with Gasteiger partial charge >= 0.3 is 0 Å². The maximum absolute atomic E-state index is 5.65. The van der Waals surface area contributed by atoms with Gasteiger partial charge in [-0.25, -0.2) is 4.98 Å². The summed E-state index contributed by atoms with van der Waals surface area (Å²) in [6.07, 6.45) is 1.95. The van der Waals surface area contributed by atoms with Crippen LogP contribution in [0.3, 0.4) is 0 Å². The fourth-order valence-electron chi connectivity index (χ4n) is 1.44. The summed E-state index contributed by atoms with van der Waals surface area (Å²) >= 11 is 1.65. The lowest BCUT2D eigenvalue weighted by Gasteiger charge is -2.04. The van der Waals surface area contributed by atoms with Gasteiger partial charge in [0.2, 0.25) is 11.8 Å². The number of nitrogens with two attached hydrogens (primary N) is 1. The van der Waals surface area contributed by atoms with E-state index in [9.17, 15) is 0 Å². The Morgan fingerprint density at radius 1 is 1.38 bits per heavy atom. The summed E-state index contributed by atoms with van der Waals surface area (Å²) in [4.78, 5) is 10.5. The minimum atomic E-state index is 0.281. The summed E-state index contributed by atoms with van der Waals surface area (Å²) in [6, 6.07) is 2.09. The number of rotatable bonds is 4. The van der Waals surface area contributed by atoms with Gasteiger partial charge in [-0.2, -0.15) is 4.98 Å². The van der Waals surface area contributed by atoms with Crippen molar-refractivity contribution in [2.24, 2.45) is 0 Å². The summed E-state index contributed by atoms with van der Waals surface area (Å²) in [5.41, 5.74) is 5.65. The van der Waals surface area contributed by atoms with Crippen molar-refractivity contribution < 1.29 is 4.74 Å². The van der Waals surface area contributed by atoms with E-state index in [-0.39, 0.29) is 5.95 Å². The van der Waals surface area contributed by atoms with Crippen molar-refractivity contribution in [2.45, 2.75) is 26.7 Å². The van der Waals surface area contributed by atoms with Gasteiger partial charge in [-0.15, -0.1) is 11.3 Å². The zero-order chi connectivity index (χ0) is 11.5. The Morgan fingerprint density at radius 3 is 2.88 bits per heavy atom. The van der Waals surface area contributed by atoms with Gasteiger partial charge in [0.15, 0.2) is 0 Å². The fraction of sp³-hybridized carbons (Fsp3) is 0.455. The highest BCUT2D eigenvalue weighted by atomic mass is 32.1. The van der Waals surface area contributed by atoms with Gasteiger partial charge in [0, 0.05) is 4.88 Å². The largest absolute Gasteiger partial charge is 0.477 e. The normalized spacial score (nSPS) is 10.9. The quantitative estimate of drug-likeness (QED) is 0.888. The molecule has 0 bridgehead atoms. The van der Waals surface area contributed by atoms with Crippen molar-refractivity contribution in [3.8, 4) is 5.88 Å². The zero-order valence-corrected chi connectivity index (χ0v) is 10.3. The molecule has 0 fully saturated rings. The molecule has 0 saturated carbocycles. The van der Waals surface area contributed by atoms with Crippen LogP contribution in [0.15, 0.2) is 6.07 Å². The summed E-state index contributed by atoms with van der Waals surface area (Å²) in [5.74, 6) is 0.892. The summed E-state index contributed by atoms with van der Waals surface area (Å²) in [7, 11) is 0. The van der Waals surface area contributed by atoms with Gasteiger partial charge in [-0.3, -0.25) is 0 Å². The molecule has 0 spiro atoms. The summed E-state index contributed by atoms with van der Waals surface area (Å²) in [6.45, 7) is 4.84. The van der Waals surface area contributed by atoms with Gasteiger partial charge in [-0.1, -0.05) is 13.8 Å². The number of thiophene rings is 1. The number of aromatic nitrogens is 2. The van der Waals surface area contributed by atoms with E-state index < -0.39 is 0 Å². The van der Waals surface area contributed by atoms with Crippen LogP contribution in [0.4, 0.5) is 5.95 Å². The maximum atomic E-state index is 5.65. The second-order valence-electron chi connectivity index (χ2n) is 3.52. The molecule has 5 heteroatoms. The molecule has 0 aliphatic heterocycles. The first-order valence-corrected chi connectivity index (χ1v) is 6.25. The minimum Gasteiger partial charge on any atom is -0.477 e. The molecule has 0 atom stereocenters. The van der Waals surface area contributed by atoms with Crippen LogP contribution in [0.2, 0.25) is 0 Å². The molecule has 16 heavy (non-hydrogen) atoms. The van der Waals surface area contributed by atoms with E-state index >= 15 is 0 Å². The lowest BCUT2D eigenvalue weighted by Crippen LogP contribution is -2.01. The van der Waals surface area contributed by atoms with Crippen molar-refractivity contribution in [1.82, 2.24) is 9.97 Å². The average molecular weight is 237 g/mol. The van der Waals surface area contributed by atoms with Crippen LogP contribution in [0.1, 0.15) is 25.1 Å². The molecule has 4 nitrogen and oxygen atoms in total. The number of nitrogens with zero attached hydrogens (tertiary/aromatic N) is 2. The summed E-state index contributed by atoms with van der Waals surface area (Å²) < 4.78 is 5.58. The third-order valence-electron chi connectivity index (χ3n) is 2.22. The molecule has 0 amide bonds. The number of hydrogen-bond donors (Lipinski definition) is 1. The predicted octanol–water partition coefficient (Wildman–Crippen LogP) is 2.62. The Bertz CT molecular complexity index is 495. The SMILES string of the molecule is CCCOc1nc(N)nc2sc(CC)cc12. The number of nitrogen functional groups attached to an aromatic ring is 1. The second-order valence-corrected chi connectivity index (χ2v) is 4.64. The molecule has 0 saturated heterocycles. The molecular formula is C11H15N3OS. The fourth-order valence-corrected chi connectivity index (χ4v) is 2.41. The van der Waals surface area contributed by atoms with Crippen molar-refractivity contribution in [3.63, 3.8) is 0 Å². The van der Waals surface area contributed by atoms with E-state index in [1.807, 2.05) is 0 Å². The molecular weight excluding hydrogens is 222 g/mol. The van der Waals surface area contributed by atoms with Crippen LogP contribution >= 0.6 is 11.3 Å². The van der Waals surface area contributed by atoms with E-state index in [2.05, 4.69) is 29.9 Å². The molecule has 2 heterocycles. The average Bonchev–Trinajstić information content (AvgIpc) is 2.68. The van der Waals surface area contributed by atoms with Crippen LogP contribution < -0.4 is 10.5 Å². The molecule has 0 aromatic carbocycles. The first-order chi connectivity index (χ1) is 7.74. The van der Waals surface area contributed by atoms with Crippen LogP contribution in [-0.2, 0) is 6.42 Å². The van der Waals surface area contributed by atoms with Gasteiger partial charge in [0.1, 0.15) is 4.83 Å². The molecule has 0 aliphatic rings. The Labute approximate surface area is 98.5 Å².